The zero-order valence-electron chi connectivity index (χ0n) is 13.3. The summed E-state index contributed by atoms with van der Waals surface area (Å²) in [4.78, 5) is 2.81. The molecular weight excluding hydrogens is 232 g/mol. The van der Waals surface area contributed by atoms with E-state index < -0.39 is 0 Å². The van der Waals surface area contributed by atoms with Crippen LogP contribution in [0.3, 0.4) is 0 Å². The maximum Gasteiger partial charge on any atom is 0.0218 e. The first kappa shape index (κ1) is 15.3. The van der Waals surface area contributed by atoms with Gasteiger partial charge in [0.05, 0.1) is 0 Å². The highest BCUT2D eigenvalue weighted by Crippen LogP contribution is 2.31. The first-order chi connectivity index (χ1) is 9.26. The van der Waals surface area contributed by atoms with Crippen molar-refractivity contribution < 1.29 is 0 Å². The first-order valence-electron chi connectivity index (χ1n) is 8.74. The lowest BCUT2D eigenvalue weighted by Crippen LogP contribution is -2.57. The molecule has 1 N–H and O–H groups in total. The number of hydrogen-bond acceptors (Lipinski definition) is 2. The van der Waals surface area contributed by atoms with Crippen LogP contribution in [0.2, 0.25) is 0 Å². The maximum absolute atomic E-state index is 3.71. The normalized spacial score (nSPS) is 37.4. The molecule has 0 spiro atoms. The van der Waals surface area contributed by atoms with Gasteiger partial charge in [-0.3, -0.25) is 4.90 Å². The van der Waals surface area contributed by atoms with Crippen molar-refractivity contribution in [2.45, 2.75) is 77.8 Å². The Bertz CT molecular complexity index is 246. The molecule has 2 unspecified atom stereocenters. The average molecular weight is 266 g/mol. The number of nitrogens with zero attached hydrogens (tertiary/aromatic N) is 1. The van der Waals surface area contributed by atoms with Gasteiger partial charge in [-0.15, -0.1) is 0 Å². The summed E-state index contributed by atoms with van der Waals surface area (Å²) in [5, 5.41) is 3.71. The highest BCUT2D eigenvalue weighted by Gasteiger charge is 2.29. The zero-order chi connectivity index (χ0) is 13.7. The molecule has 0 aromatic heterocycles. The van der Waals surface area contributed by atoms with Crippen LogP contribution in [-0.2, 0) is 0 Å². The second-order valence-electron chi connectivity index (χ2n) is 6.82. The van der Waals surface area contributed by atoms with E-state index in [4.69, 9.17) is 0 Å². The van der Waals surface area contributed by atoms with Crippen molar-refractivity contribution in [1.82, 2.24) is 10.2 Å². The summed E-state index contributed by atoms with van der Waals surface area (Å²) in [6.45, 7) is 10.9. The summed E-state index contributed by atoms with van der Waals surface area (Å²) < 4.78 is 0. The lowest BCUT2D eigenvalue weighted by atomic mass is 9.80. The molecule has 0 bridgehead atoms. The van der Waals surface area contributed by atoms with Crippen LogP contribution < -0.4 is 5.32 Å². The second-order valence-corrected chi connectivity index (χ2v) is 6.82. The van der Waals surface area contributed by atoms with Crippen molar-refractivity contribution in [3.63, 3.8) is 0 Å². The van der Waals surface area contributed by atoms with E-state index >= 15 is 0 Å². The molecular formula is C17H34N2. The molecule has 19 heavy (non-hydrogen) atoms. The minimum Gasteiger partial charge on any atom is -0.311 e. The fraction of sp³-hybridized carbons (Fsp3) is 1.00. The molecule has 1 heterocycles. The van der Waals surface area contributed by atoms with Crippen molar-refractivity contribution in [2.24, 2.45) is 11.8 Å². The number of rotatable bonds is 5. The Kier molecular flexibility index (Phi) is 6.15. The Balaban J connectivity index is 1.82. The molecule has 2 aliphatic rings. The average Bonchev–Trinajstić information content (AvgIpc) is 2.48. The van der Waals surface area contributed by atoms with Crippen molar-refractivity contribution in [2.75, 3.05) is 19.6 Å². The van der Waals surface area contributed by atoms with Crippen LogP contribution >= 0.6 is 0 Å². The monoisotopic (exact) mass is 266 g/mol. The molecule has 0 aromatic rings. The summed E-state index contributed by atoms with van der Waals surface area (Å²) >= 11 is 0. The van der Waals surface area contributed by atoms with Crippen LogP contribution in [0.1, 0.15) is 65.7 Å². The van der Waals surface area contributed by atoms with Gasteiger partial charge in [-0.25, -0.2) is 0 Å². The van der Waals surface area contributed by atoms with E-state index in [1.54, 1.807) is 0 Å². The van der Waals surface area contributed by atoms with Gasteiger partial charge in [0.1, 0.15) is 0 Å². The third kappa shape index (κ3) is 4.19. The van der Waals surface area contributed by atoms with Crippen LogP contribution in [0, 0.1) is 11.8 Å². The van der Waals surface area contributed by atoms with Crippen LogP contribution in [0.15, 0.2) is 0 Å². The van der Waals surface area contributed by atoms with Gasteiger partial charge in [0.25, 0.3) is 0 Å². The molecule has 1 saturated carbocycles. The molecule has 2 heteroatoms. The van der Waals surface area contributed by atoms with E-state index in [0.717, 1.165) is 23.9 Å². The largest absolute Gasteiger partial charge is 0.311 e. The highest BCUT2D eigenvalue weighted by atomic mass is 15.2. The fourth-order valence-corrected chi connectivity index (χ4v) is 3.98. The Morgan fingerprint density at radius 3 is 2.16 bits per heavy atom. The number of nitrogens with one attached hydrogen (secondary N) is 1. The Labute approximate surface area is 120 Å². The molecule has 1 aliphatic heterocycles. The third-order valence-corrected chi connectivity index (χ3v) is 5.61. The molecule has 2 rings (SSSR count). The number of hydrogen-bond donors (Lipinski definition) is 1. The maximum atomic E-state index is 3.71. The lowest BCUT2D eigenvalue weighted by Gasteiger charge is -2.42. The van der Waals surface area contributed by atoms with E-state index in [0.29, 0.717) is 0 Å². The third-order valence-electron chi connectivity index (χ3n) is 5.61. The van der Waals surface area contributed by atoms with E-state index in [1.165, 1.54) is 64.6 Å². The molecule has 2 fully saturated rings. The van der Waals surface area contributed by atoms with Crippen molar-refractivity contribution >= 4 is 0 Å². The van der Waals surface area contributed by atoms with Gasteiger partial charge in [-0.05, 0) is 37.5 Å². The smallest absolute Gasteiger partial charge is 0.0218 e. The number of piperazine rings is 1. The van der Waals surface area contributed by atoms with E-state index in [1.807, 2.05) is 0 Å². The van der Waals surface area contributed by atoms with Crippen LogP contribution in [0.5, 0.6) is 0 Å². The van der Waals surface area contributed by atoms with Gasteiger partial charge in [0.15, 0.2) is 0 Å². The molecule has 112 valence electrons. The van der Waals surface area contributed by atoms with E-state index in [-0.39, 0.29) is 0 Å². The van der Waals surface area contributed by atoms with Gasteiger partial charge in [-0.2, -0.15) is 0 Å². The predicted octanol–water partition coefficient (Wildman–Crippen LogP) is 3.67. The topological polar surface area (TPSA) is 15.3 Å². The molecule has 0 amide bonds. The molecule has 2 nitrogen and oxygen atoms in total. The standard InChI is InChI=1S/C17H34N2/c1-4-14-7-9-15(10-8-14)12-19-13-16(5-2)18-11-17(19)6-3/h14-18H,4-13H2,1-3H3. The second kappa shape index (κ2) is 7.64. The van der Waals surface area contributed by atoms with Gasteiger partial charge >= 0.3 is 0 Å². The van der Waals surface area contributed by atoms with E-state index in [9.17, 15) is 0 Å². The molecule has 0 radical (unpaired) electrons. The molecule has 0 aromatic carbocycles. The van der Waals surface area contributed by atoms with E-state index in [2.05, 4.69) is 31.0 Å². The molecule has 2 atom stereocenters. The summed E-state index contributed by atoms with van der Waals surface area (Å²) in [5.41, 5.74) is 0. The zero-order valence-corrected chi connectivity index (χ0v) is 13.3. The summed E-state index contributed by atoms with van der Waals surface area (Å²) in [7, 11) is 0. The highest BCUT2D eigenvalue weighted by molar-refractivity contribution is 4.86. The van der Waals surface area contributed by atoms with Gasteiger partial charge in [0, 0.05) is 31.7 Å². The summed E-state index contributed by atoms with van der Waals surface area (Å²) in [6.07, 6.45) is 9.91. The Morgan fingerprint density at radius 1 is 0.895 bits per heavy atom. The first-order valence-corrected chi connectivity index (χ1v) is 8.74. The quantitative estimate of drug-likeness (QED) is 0.817. The summed E-state index contributed by atoms with van der Waals surface area (Å²) in [6, 6.07) is 1.52. The van der Waals surface area contributed by atoms with Gasteiger partial charge < -0.3 is 5.32 Å². The molecule has 1 saturated heterocycles. The van der Waals surface area contributed by atoms with Gasteiger partial charge in [-0.1, -0.05) is 40.0 Å². The Morgan fingerprint density at radius 2 is 1.58 bits per heavy atom. The van der Waals surface area contributed by atoms with Crippen molar-refractivity contribution in [3.8, 4) is 0 Å². The predicted molar refractivity (Wildman–Crippen MR) is 83.5 cm³/mol. The van der Waals surface area contributed by atoms with Gasteiger partial charge in [0.2, 0.25) is 0 Å². The van der Waals surface area contributed by atoms with Crippen LogP contribution in [0.4, 0.5) is 0 Å². The van der Waals surface area contributed by atoms with Crippen LogP contribution in [0.25, 0.3) is 0 Å². The fourth-order valence-electron chi connectivity index (χ4n) is 3.98. The van der Waals surface area contributed by atoms with Crippen molar-refractivity contribution in [3.05, 3.63) is 0 Å². The van der Waals surface area contributed by atoms with Crippen LogP contribution in [-0.4, -0.2) is 36.6 Å². The minimum absolute atomic E-state index is 0.731. The SMILES string of the molecule is CCC1CCC(CN2CC(CC)NCC2CC)CC1. The molecule has 1 aliphatic carbocycles. The van der Waals surface area contributed by atoms with Crippen molar-refractivity contribution in [1.29, 1.82) is 0 Å². The Hall–Kier alpha value is -0.0800. The lowest BCUT2D eigenvalue weighted by molar-refractivity contribution is 0.0901. The minimum atomic E-state index is 0.731. The summed E-state index contributed by atoms with van der Waals surface area (Å²) in [5.74, 6) is 2.01.